The van der Waals surface area contributed by atoms with Gasteiger partial charge in [0.1, 0.15) is 28.8 Å². The van der Waals surface area contributed by atoms with Crippen molar-refractivity contribution in [2.75, 3.05) is 29.9 Å². The molecular weight excluding hydrogens is 779 g/mol. The number of hydrogen-bond donors (Lipinski definition) is 2. The van der Waals surface area contributed by atoms with Crippen molar-refractivity contribution >= 4 is 62.0 Å². The SMILES string of the molecule is CC(=O)OC1C(C)CC(C)CC(C)C=CC=C(C)C(=O)Nc2c(=O)c3c4c(C)c5c(c3c3nc6c(=O)cc(N7CCC(C)CC7)cc6oc23)=C(O)C(C)(OC=CCC1CO4)O5. The van der Waals surface area contributed by atoms with E-state index in [1.165, 1.54) is 13.2 Å². The number of ether oxygens (including phenoxy) is 4. The summed E-state index contributed by atoms with van der Waals surface area (Å²) < 4.78 is 32.1. The van der Waals surface area contributed by atoms with E-state index in [1.54, 1.807) is 45.1 Å². The van der Waals surface area contributed by atoms with Crippen molar-refractivity contribution in [3.05, 3.63) is 79.5 Å². The minimum atomic E-state index is -1.75. The van der Waals surface area contributed by atoms with E-state index >= 15 is 4.79 Å². The standard InChI is InChI=1S/C48H55N3O10/c1-24-14-16-51(17-15-24)32-21-33(53)38-34(22-32)60-45-39(49-38)35-36-41(54)40(45)50-47(56)27(4)12-9-11-25(2)19-26(3)20-28(5)42(59-30(7)52)31-13-10-18-58-48(8)46(55)37(35)44(61-48)29(6)43(36)57-23-31/h9-12,18,21-22,24-26,28,31,42,55H,13-17,19-20,23H2,1-8H3,(H,50,56). The number of fused-ring (bicyclic) bond motifs is 9. The second-order valence-electron chi connectivity index (χ2n) is 18.0. The zero-order valence-electron chi connectivity index (χ0n) is 36.2. The summed E-state index contributed by atoms with van der Waals surface area (Å²) in [6, 6.07) is 3.29. The van der Waals surface area contributed by atoms with Crippen molar-refractivity contribution in [3.63, 3.8) is 0 Å². The van der Waals surface area contributed by atoms with Crippen LogP contribution in [0.4, 0.5) is 11.4 Å². The van der Waals surface area contributed by atoms with Gasteiger partial charge in [-0.05, 0) is 75.7 Å². The maximum absolute atomic E-state index is 15.3. The molecule has 0 saturated carbocycles. The van der Waals surface area contributed by atoms with Crippen molar-refractivity contribution in [1.29, 1.82) is 0 Å². The van der Waals surface area contributed by atoms with Crippen molar-refractivity contribution in [3.8, 4) is 11.5 Å². The number of carbonyl (C=O) groups excluding carboxylic acids is 2. The molecule has 4 aliphatic heterocycles. The first-order chi connectivity index (χ1) is 29.0. The van der Waals surface area contributed by atoms with E-state index in [4.69, 9.17) is 28.3 Å². The Hall–Kier alpha value is -5.85. The average Bonchev–Trinajstić information content (AvgIpc) is 3.47. The number of benzene rings is 3. The molecule has 0 radical (unpaired) electrons. The van der Waals surface area contributed by atoms with E-state index in [2.05, 4.69) is 37.9 Å². The van der Waals surface area contributed by atoms with Crippen LogP contribution < -0.4 is 35.8 Å². The van der Waals surface area contributed by atoms with Crippen molar-refractivity contribution in [1.82, 2.24) is 4.98 Å². The van der Waals surface area contributed by atoms with Gasteiger partial charge in [-0.25, -0.2) is 4.98 Å². The van der Waals surface area contributed by atoms with Crippen molar-refractivity contribution < 1.29 is 38.1 Å². The Labute approximate surface area is 354 Å². The first-order valence-electron chi connectivity index (χ1n) is 21.5. The molecule has 1 saturated heterocycles. The number of amides is 1. The van der Waals surface area contributed by atoms with Gasteiger partial charge in [0.25, 0.3) is 5.91 Å². The van der Waals surface area contributed by atoms with Crippen LogP contribution in [-0.4, -0.2) is 53.6 Å². The average molecular weight is 834 g/mol. The van der Waals surface area contributed by atoms with E-state index in [0.717, 1.165) is 38.8 Å². The van der Waals surface area contributed by atoms with E-state index in [0.29, 0.717) is 29.2 Å². The number of aromatic nitrogens is 1. The monoisotopic (exact) mass is 833 g/mol. The van der Waals surface area contributed by atoms with Crippen LogP contribution in [0.5, 0.6) is 11.5 Å². The molecule has 13 heteroatoms. The second kappa shape index (κ2) is 16.2. The normalized spacial score (nSPS) is 26.4. The highest BCUT2D eigenvalue weighted by Gasteiger charge is 2.44. The van der Waals surface area contributed by atoms with Gasteiger partial charge in [0.2, 0.25) is 10.9 Å². The third kappa shape index (κ3) is 7.72. The quantitative estimate of drug-likeness (QED) is 0.114. The molecule has 3 aromatic carbocycles. The molecule has 0 spiro atoms. The van der Waals surface area contributed by atoms with Gasteiger partial charge < -0.3 is 38.7 Å². The molecule has 13 nitrogen and oxygen atoms in total. The number of allylic oxidation sites excluding steroid dienone is 4. The second-order valence-corrected chi connectivity index (χ2v) is 18.0. The Bertz CT molecular complexity index is 2730. The van der Waals surface area contributed by atoms with Crippen LogP contribution in [0.15, 0.2) is 62.3 Å². The Kier molecular flexibility index (Phi) is 11.1. The fourth-order valence-electron chi connectivity index (χ4n) is 9.59. The molecule has 6 unspecified atom stereocenters. The van der Waals surface area contributed by atoms with Gasteiger partial charge in [0.15, 0.2) is 22.4 Å². The van der Waals surface area contributed by atoms with Crippen LogP contribution >= 0.6 is 0 Å². The number of hydrogen-bond acceptors (Lipinski definition) is 12. The molecule has 1 amide bonds. The van der Waals surface area contributed by atoms with E-state index < -0.39 is 40.5 Å². The number of nitrogens with one attached hydrogen (secondary N) is 1. The lowest BCUT2D eigenvalue weighted by Crippen LogP contribution is -2.37. The summed E-state index contributed by atoms with van der Waals surface area (Å²) in [7, 11) is 0. The van der Waals surface area contributed by atoms with Crippen LogP contribution in [0.2, 0.25) is 0 Å². The van der Waals surface area contributed by atoms with Gasteiger partial charge in [-0.1, -0.05) is 45.9 Å². The molecule has 61 heavy (non-hydrogen) atoms. The number of rotatable bonds is 2. The smallest absolute Gasteiger partial charge is 0.307 e. The summed E-state index contributed by atoms with van der Waals surface area (Å²) in [5.41, 5.74) is 0.196. The Morgan fingerprint density at radius 1 is 1.00 bits per heavy atom. The molecule has 1 aromatic heterocycles. The number of anilines is 2. The van der Waals surface area contributed by atoms with Gasteiger partial charge in [-0.3, -0.25) is 19.2 Å². The minimum absolute atomic E-state index is 0.00113. The maximum atomic E-state index is 15.3. The van der Waals surface area contributed by atoms with Gasteiger partial charge in [0.05, 0.1) is 23.5 Å². The lowest BCUT2D eigenvalue weighted by Gasteiger charge is -2.33. The summed E-state index contributed by atoms with van der Waals surface area (Å²) in [4.78, 5) is 63.2. The molecule has 4 aliphatic rings. The molecule has 6 bridgehead atoms. The van der Waals surface area contributed by atoms with Crippen molar-refractivity contribution in [2.24, 2.45) is 29.6 Å². The number of carbonyl (C=O) groups is 2. The number of nitrogens with zero attached hydrogens (tertiary/aromatic N) is 2. The Morgan fingerprint density at radius 3 is 2.49 bits per heavy atom. The lowest BCUT2D eigenvalue weighted by molar-refractivity contribution is -0.153. The Morgan fingerprint density at radius 2 is 1.75 bits per heavy atom. The predicted octanol–water partition coefficient (Wildman–Crippen LogP) is 7.90. The first kappa shape index (κ1) is 41.9. The Balaban J connectivity index is 1.45. The molecule has 0 aliphatic carbocycles. The van der Waals surface area contributed by atoms with Crippen LogP contribution in [0.1, 0.15) is 86.1 Å². The third-order valence-corrected chi connectivity index (χ3v) is 12.9. The van der Waals surface area contributed by atoms with E-state index in [-0.39, 0.29) is 85.5 Å². The van der Waals surface area contributed by atoms with Crippen LogP contribution in [0, 0.1) is 36.5 Å². The van der Waals surface area contributed by atoms with Gasteiger partial charge in [-0.15, -0.1) is 0 Å². The third-order valence-electron chi connectivity index (χ3n) is 12.9. The van der Waals surface area contributed by atoms with Crippen molar-refractivity contribution in [2.45, 2.75) is 99.4 Å². The molecule has 4 aromatic rings. The van der Waals surface area contributed by atoms with Gasteiger partial charge >= 0.3 is 11.8 Å². The molecular formula is C48H55N3O10. The van der Waals surface area contributed by atoms with Gasteiger partial charge in [-0.2, -0.15) is 0 Å². The molecule has 2 N–H and O–H groups in total. The summed E-state index contributed by atoms with van der Waals surface area (Å²) in [5, 5.41) is 15.2. The molecule has 6 atom stereocenters. The van der Waals surface area contributed by atoms with Crippen LogP contribution in [0.3, 0.4) is 0 Å². The zero-order valence-corrected chi connectivity index (χ0v) is 36.2. The number of piperidine rings is 1. The molecule has 8 rings (SSSR count). The summed E-state index contributed by atoms with van der Waals surface area (Å²) in [6.07, 6.45) is 12.1. The fourth-order valence-corrected chi connectivity index (χ4v) is 9.59. The largest absolute Gasteiger partial charge is 0.505 e. The maximum Gasteiger partial charge on any atom is 0.307 e. The summed E-state index contributed by atoms with van der Waals surface area (Å²) >= 11 is 0. The van der Waals surface area contributed by atoms with E-state index in [1.807, 2.05) is 12.2 Å². The van der Waals surface area contributed by atoms with Crippen LogP contribution in [0.25, 0.3) is 38.7 Å². The number of aliphatic hydroxyl groups is 1. The molecule has 5 heterocycles. The van der Waals surface area contributed by atoms with Gasteiger partial charge in [0, 0.05) is 67.2 Å². The molecule has 1 fully saturated rings. The lowest BCUT2D eigenvalue weighted by atomic mass is 9.82. The minimum Gasteiger partial charge on any atom is -0.505 e. The topological polar surface area (TPSA) is 167 Å². The highest BCUT2D eigenvalue weighted by atomic mass is 16.7. The molecule has 322 valence electrons. The summed E-state index contributed by atoms with van der Waals surface area (Å²) in [5.74, 6) is -2.26. The first-order valence-corrected chi connectivity index (χ1v) is 21.5. The fraction of sp³-hybridized carbons (Fsp3) is 0.479. The van der Waals surface area contributed by atoms with Crippen LogP contribution in [-0.2, 0) is 19.1 Å². The highest BCUT2D eigenvalue weighted by Crippen LogP contribution is 2.43. The highest BCUT2D eigenvalue weighted by molar-refractivity contribution is 6.17. The summed E-state index contributed by atoms with van der Waals surface area (Å²) in [6.45, 7) is 16.4. The predicted molar refractivity (Wildman–Crippen MR) is 235 cm³/mol. The number of aliphatic hydroxyl groups excluding tert-OH is 1. The number of esters is 1. The van der Waals surface area contributed by atoms with E-state index in [9.17, 15) is 19.5 Å². The zero-order chi connectivity index (χ0) is 43.5.